The van der Waals surface area contributed by atoms with Gasteiger partial charge in [0.2, 0.25) is 0 Å². The molecule has 1 heterocycles. The highest BCUT2D eigenvalue weighted by Crippen LogP contribution is 2.26. The summed E-state index contributed by atoms with van der Waals surface area (Å²) in [5.74, 6) is 0.821. The van der Waals surface area contributed by atoms with E-state index in [0.717, 1.165) is 16.7 Å². The lowest BCUT2D eigenvalue weighted by molar-refractivity contribution is -0.174. The van der Waals surface area contributed by atoms with Gasteiger partial charge in [-0.3, -0.25) is 0 Å². The summed E-state index contributed by atoms with van der Waals surface area (Å²) in [4.78, 5) is 0. The number of aromatic nitrogens is 1. The molecule has 0 unspecified atom stereocenters. The van der Waals surface area contributed by atoms with Crippen molar-refractivity contribution >= 4 is 10.9 Å². The zero-order valence-corrected chi connectivity index (χ0v) is 11.8. The van der Waals surface area contributed by atoms with E-state index in [1.54, 1.807) is 0 Å². The van der Waals surface area contributed by atoms with Crippen molar-refractivity contribution in [3.8, 4) is 5.75 Å². The molecule has 0 amide bonds. The molecule has 0 radical (unpaired) electrons. The van der Waals surface area contributed by atoms with Crippen LogP contribution in [-0.4, -0.2) is 30.6 Å². The summed E-state index contributed by atoms with van der Waals surface area (Å²) in [6.07, 6.45) is -1.82. The lowest BCUT2D eigenvalue weighted by Crippen LogP contribution is -2.17. The van der Waals surface area contributed by atoms with E-state index in [-0.39, 0.29) is 6.61 Å². The summed E-state index contributed by atoms with van der Waals surface area (Å²) in [5.41, 5.74) is 1.01. The molecule has 0 atom stereocenters. The Hall–Kier alpha value is -1.69. The van der Waals surface area contributed by atoms with Crippen LogP contribution < -0.4 is 4.74 Å². The van der Waals surface area contributed by atoms with Crippen LogP contribution >= 0.6 is 0 Å². The number of halogens is 3. The Labute approximate surface area is 121 Å². The second-order valence-corrected chi connectivity index (χ2v) is 4.65. The molecule has 0 saturated heterocycles. The van der Waals surface area contributed by atoms with Gasteiger partial charge in [-0.2, -0.15) is 13.2 Å². The number of ether oxygens (including phenoxy) is 2. The van der Waals surface area contributed by atoms with Crippen LogP contribution in [0.4, 0.5) is 13.2 Å². The van der Waals surface area contributed by atoms with Gasteiger partial charge < -0.3 is 14.0 Å². The van der Waals surface area contributed by atoms with E-state index in [9.17, 15) is 13.2 Å². The van der Waals surface area contributed by atoms with Gasteiger partial charge in [-0.15, -0.1) is 0 Å². The quantitative estimate of drug-likeness (QED) is 0.721. The highest BCUT2D eigenvalue weighted by atomic mass is 19.4. The first-order valence-electron chi connectivity index (χ1n) is 6.86. The van der Waals surface area contributed by atoms with Crippen molar-refractivity contribution in [1.82, 2.24) is 4.57 Å². The van der Waals surface area contributed by atoms with Crippen LogP contribution in [-0.2, 0) is 11.3 Å². The average molecular weight is 301 g/mol. The number of nitrogens with zero attached hydrogens (tertiary/aromatic N) is 1. The molecule has 3 nitrogen and oxygen atoms in total. The van der Waals surface area contributed by atoms with Crippen molar-refractivity contribution in [3.63, 3.8) is 0 Å². The van der Waals surface area contributed by atoms with E-state index in [1.165, 1.54) is 0 Å². The van der Waals surface area contributed by atoms with Gasteiger partial charge in [0, 0.05) is 24.7 Å². The van der Waals surface area contributed by atoms with Crippen molar-refractivity contribution in [2.45, 2.75) is 26.1 Å². The first kappa shape index (κ1) is 15.7. The predicted octanol–water partition coefficient (Wildman–Crippen LogP) is 4.01. The van der Waals surface area contributed by atoms with E-state index >= 15 is 0 Å². The lowest BCUT2D eigenvalue weighted by Gasteiger charge is -2.09. The van der Waals surface area contributed by atoms with Crippen molar-refractivity contribution < 1.29 is 22.6 Å². The predicted molar refractivity (Wildman–Crippen MR) is 74.6 cm³/mol. The molecule has 0 bridgehead atoms. The first-order valence-corrected chi connectivity index (χ1v) is 6.86. The maximum atomic E-state index is 11.9. The Morgan fingerprint density at radius 2 is 2.00 bits per heavy atom. The van der Waals surface area contributed by atoms with Gasteiger partial charge in [0.15, 0.2) is 0 Å². The molecule has 116 valence electrons. The zero-order chi connectivity index (χ0) is 15.3. The molecule has 0 aliphatic heterocycles. The summed E-state index contributed by atoms with van der Waals surface area (Å²) >= 11 is 0. The van der Waals surface area contributed by atoms with Crippen LogP contribution in [0.25, 0.3) is 10.9 Å². The number of hydrogen-bond donors (Lipinski definition) is 0. The highest BCUT2D eigenvalue weighted by Gasteiger charge is 2.27. The monoisotopic (exact) mass is 301 g/mol. The van der Waals surface area contributed by atoms with Crippen molar-refractivity contribution in [2.75, 3.05) is 19.8 Å². The van der Waals surface area contributed by atoms with Gasteiger partial charge in [-0.1, -0.05) is 6.07 Å². The molecule has 1 aromatic heterocycles. The third kappa shape index (κ3) is 4.39. The van der Waals surface area contributed by atoms with E-state index in [2.05, 4.69) is 4.74 Å². The first-order chi connectivity index (χ1) is 10.0. The van der Waals surface area contributed by atoms with Crippen LogP contribution in [0.2, 0.25) is 0 Å². The normalized spacial score (nSPS) is 12.0. The van der Waals surface area contributed by atoms with E-state index < -0.39 is 12.8 Å². The van der Waals surface area contributed by atoms with Crippen molar-refractivity contribution in [2.24, 2.45) is 0 Å². The molecule has 0 aliphatic rings. The van der Waals surface area contributed by atoms with Crippen molar-refractivity contribution in [1.29, 1.82) is 0 Å². The van der Waals surface area contributed by atoms with Gasteiger partial charge in [-0.25, -0.2) is 0 Å². The molecule has 0 N–H and O–H groups in total. The number of alkyl halides is 3. The summed E-state index contributed by atoms with van der Waals surface area (Å²) in [7, 11) is 0. The van der Waals surface area contributed by atoms with Crippen LogP contribution in [0.15, 0.2) is 30.5 Å². The van der Waals surface area contributed by atoms with Gasteiger partial charge in [0.1, 0.15) is 12.4 Å². The summed E-state index contributed by atoms with van der Waals surface area (Å²) in [6.45, 7) is 2.03. The Balaban J connectivity index is 1.92. The molecule has 0 aliphatic carbocycles. The largest absolute Gasteiger partial charge is 0.493 e. The maximum absolute atomic E-state index is 11.9. The summed E-state index contributed by atoms with van der Waals surface area (Å²) in [5, 5.41) is 1.01. The zero-order valence-electron chi connectivity index (χ0n) is 11.8. The third-order valence-corrected chi connectivity index (χ3v) is 3.03. The van der Waals surface area contributed by atoms with E-state index in [0.29, 0.717) is 19.6 Å². The maximum Gasteiger partial charge on any atom is 0.411 e. The van der Waals surface area contributed by atoms with Crippen LogP contribution in [0, 0.1) is 0 Å². The Kier molecular flexibility index (Phi) is 5.12. The molecule has 1 aromatic carbocycles. The molecule has 0 fully saturated rings. The molecule has 2 aromatic rings. The Morgan fingerprint density at radius 1 is 1.19 bits per heavy atom. The summed E-state index contributed by atoms with van der Waals surface area (Å²) < 4.78 is 48.0. The third-order valence-electron chi connectivity index (χ3n) is 3.03. The number of rotatable bonds is 7. The van der Waals surface area contributed by atoms with Gasteiger partial charge in [-0.05, 0) is 31.5 Å². The molecule has 6 heteroatoms. The Bertz CT molecular complexity index is 578. The number of fused-ring (bicyclic) bond motifs is 1. The fourth-order valence-electron chi connectivity index (χ4n) is 2.20. The fraction of sp³-hybridized carbons (Fsp3) is 0.467. The fourth-order valence-corrected chi connectivity index (χ4v) is 2.20. The molecular weight excluding hydrogens is 283 g/mol. The second-order valence-electron chi connectivity index (χ2n) is 4.65. The topological polar surface area (TPSA) is 23.4 Å². The highest BCUT2D eigenvalue weighted by molar-refractivity contribution is 5.86. The standard InChI is InChI=1S/C15H18F3NO2/c1-2-21-14-6-3-5-13-12(14)7-9-19(13)8-4-10-20-11-15(16,17)18/h3,5-7,9H,2,4,8,10-11H2,1H3. The van der Waals surface area contributed by atoms with E-state index in [1.807, 2.05) is 42.0 Å². The minimum Gasteiger partial charge on any atom is -0.493 e. The Morgan fingerprint density at radius 3 is 2.71 bits per heavy atom. The summed E-state index contributed by atoms with van der Waals surface area (Å²) in [6, 6.07) is 7.73. The minimum absolute atomic E-state index is 0.0876. The van der Waals surface area contributed by atoms with Crippen LogP contribution in [0.5, 0.6) is 5.75 Å². The SMILES string of the molecule is CCOc1cccc2c1ccn2CCCOCC(F)(F)F. The van der Waals surface area contributed by atoms with Gasteiger partial charge in [0.05, 0.1) is 12.1 Å². The molecule has 0 saturated carbocycles. The second kappa shape index (κ2) is 6.85. The lowest BCUT2D eigenvalue weighted by atomic mass is 10.2. The number of aryl methyl sites for hydroxylation is 1. The van der Waals surface area contributed by atoms with Gasteiger partial charge in [0.25, 0.3) is 0 Å². The number of benzene rings is 1. The van der Waals surface area contributed by atoms with E-state index in [4.69, 9.17) is 4.74 Å². The minimum atomic E-state index is -4.26. The molecule has 2 rings (SSSR count). The van der Waals surface area contributed by atoms with Crippen molar-refractivity contribution in [3.05, 3.63) is 30.5 Å². The van der Waals surface area contributed by atoms with Crippen LogP contribution in [0.1, 0.15) is 13.3 Å². The molecular formula is C15H18F3NO2. The smallest absolute Gasteiger partial charge is 0.411 e. The average Bonchev–Trinajstić information content (AvgIpc) is 2.82. The number of hydrogen-bond acceptors (Lipinski definition) is 2. The van der Waals surface area contributed by atoms with Gasteiger partial charge >= 0.3 is 6.18 Å². The molecule has 21 heavy (non-hydrogen) atoms. The van der Waals surface area contributed by atoms with Crippen LogP contribution in [0.3, 0.4) is 0 Å². The molecule has 0 spiro atoms.